The van der Waals surface area contributed by atoms with Crippen molar-refractivity contribution in [3.63, 3.8) is 0 Å². The molecule has 3 atom stereocenters. The van der Waals surface area contributed by atoms with Crippen molar-refractivity contribution in [1.82, 2.24) is 9.80 Å². The summed E-state index contributed by atoms with van der Waals surface area (Å²) < 4.78 is 5.83. The molecule has 5 heteroatoms. The Kier molecular flexibility index (Phi) is 5.52. The highest BCUT2D eigenvalue weighted by atomic mass is 16.5. The second-order valence-electron chi connectivity index (χ2n) is 8.10. The largest absolute Gasteiger partial charge is 0.392 e. The topological polar surface area (TPSA) is 53.0 Å². The number of carbonyl (C=O) groups is 1. The van der Waals surface area contributed by atoms with Crippen molar-refractivity contribution in [3.8, 4) is 0 Å². The van der Waals surface area contributed by atoms with Crippen molar-refractivity contribution in [3.05, 3.63) is 0 Å². The lowest BCUT2D eigenvalue weighted by molar-refractivity contribution is -0.210. The van der Waals surface area contributed by atoms with Crippen molar-refractivity contribution in [2.45, 2.75) is 83.6 Å². The lowest BCUT2D eigenvalue weighted by Crippen LogP contribution is -2.64. The summed E-state index contributed by atoms with van der Waals surface area (Å²) in [5.41, 5.74) is -0.100. The third-order valence-corrected chi connectivity index (χ3v) is 6.61. The average Bonchev–Trinajstić information content (AvgIpc) is 2.61. The van der Waals surface area contributed by atoms with Gasteiger partial charge in [0.25, 0.3) is 0 Å². The molecule has 3 rings (SSSR count). The summed E-state index contributed by atoms with van der Waals surface area (Å²) in [4.78, 5) is 17.5. The van der Waals surface area contributed by atoms with Crippen LogP contribution in [0.4, 0.5) is 0 Å². The van der Waals surface area contributed by atoms with Gasteiger partial charge in [-0.1, -0.05) is 6.42 Å². The summed E-state index contributed by atoms with van der Waals surface area (Å²) in [6.07, 6.45) is 5.77. The zero-order chi connectivity index (χ0) is 17.3. The van der Waals surface area contributed by atoms with Gasteiger partial charge in [-0.15, -0.1) is 0 Å². The normalized spacial score (nSPS) is 33.7. The first-order valence-electron chi connectivity index (χ1n) is 9.84. The van der Waals surface area contributed by atoms with Gasteiger partial charge in [0.05, 0.1) is 18.2 Å². The lowest BCUT2D eigenvalue weighted by Gasteiger charge is -2.57. The van der Waals surface area contributed by atoms with Gasteiger partial charge in [0.15, 0.2) is 0 Å². The van der Waals surface area contributed by atoms with Crippen molar-refractivity contribution in [2.24, 2.45) is 5.41 Å². The Morgan fingerprint density at radius 2 is 1.96 bits per heavy atom. The van der Waals surface area contributed by atoms with Crippen molar-refractivity contribution in [2.75, 3.05) is 26.2 Å². The number of hydrogen-bond acceptors (Lipinski definition) is 4. The minimum atomic E-state index is -0.256. The fourth-order valence-electron chi connectivity index (χ4n) is 5.01. The molecule has 2 aliphatic heterocycles. The molecule has 1 spiro atoms. The summed E-state index contributed by atoms with van der Waals surface area (Å²) in [6.45, 7) is 9.66. The van der Waals surface area contributed by atoms with E-state index in [9.17, 15) is 9.90 Å². The molecule has 0 radical (unpaired) electrons. The Morgan fingerprint density at radius 1 is 1.25 bits per heavy atom. The molecule has 1 aliphatic carbocycles. The van der Waals surface area contributed by atoms with E-state index in [0.717, 1.165) is 51.7 Å². The number of carbonyl (C=O) groups excluding carboxylic acids is 1. The first kappa shape index (κ1) is 18.2. The Labute approximate surface area is 146 Å². The standard InChI is InChI=1S/C19H34N2O3/c1-4-24-17-13-16(22)19(17)8-11-20(12-9-19)18(23)15-7-5-6-10-21(15)14(2)3/h14-17,22H,4-13H2,1-3H3. The number of hydrogen-bond donors (Lipinski definition) is 1. The highest BCUT2D eigenvalue weighted by Gasteiger charge is 2.56. The third kappa shape index (κ3) is 3.11. The van der Waals surface area contributed by atoms with Crippen LogP contribution in [0.2, 0.25) is 0 Å². The molecule has 24 heavy (non-hydrogen) atoms. The lowest BCUT2D eigenvalue weighted by atomic mass is 9.58. The van der Waals surface area contributed by atoms with Crippen LogP contribution in [0, 0.1) is 5.41 Å². The van der Waals surface area contributed by atoms with Crippen LogP contribution in [0.1, 0.15) is 59.3 Å². The van der Waals surface area contributed by atoms with Crippen LogP contribution in [-0.2, 0) is 9.53 Å². The molecule has 1 amide bonds. The number of rotatable bonds is 4. The molecule has 0 bridgehead atoms. The van der Waals surface area contributed by atoms with Crippen LogP contribution in [0.15, 0.2) is 0 Å². The highest BCUT2D eigenvalue weighted by Crippen LogP contribution is 2.51. The zero-order valence-electron chi connectivity index (χ0n) is 15.5. The van der Waals surface area contributed by atoms with Gasteiger partial charge in [-0.05, 0) is 53.0 Å². The second-order valence-corrected chi connectivity index (χ2v) is 8.10. The van der Waals surface area contributed by atoms with Crippen molar-refractivity contribution < 1.29 is 14.6 Å². The van der Waals surface area contributed by atoms with E-state index in [-0.39, 0.29) is 23.7 Å². The highest BCUT2D eigenvalue weighted by molar-refractivity contribution is 5.82. The van der Waals surface area contributed by atoms with Gasteiger partial charge in [-0.25, -0.2) is 0 Å². The first-order valence-corrected chi connectivity index (χ1v) is 9.84. The smallest absolute Gasteiger partial charge is 0.239 e. The van der Waals surface area contributed by atoms with E-state index in [2.05, 4.69) is 18.7 Å². The van der Waals surface area contributed by atoms with E-state index in [1.807, 2.05) is 11.8 Å². The summed E-state index contributed by atoms with van der Waals surface area (Å²) in [6, 6.07) is 0.480. The van der Waals surface area contributed by atoms with Gasteiger partial charge in [0.1, 0.15) is 0 Å². The Hall–Kier alpha value is -0.650. The quantitative estimate of drug-likeness (QED) is 0.852. The SMILES string of the molecule is CCOC1CC(O)C12CCN(C(=O)C1CCCCN1C(C)C)CC2. The number of aliphatic hydroxyl groups excluding tert-OH is 1. The fourth-order valence-corrected chi connectivity index (χ4v) is 5.01. The number of piperidine rings is 2. The maximum Gasteiger partial charge on any atom is 0.239 e. The van der Waals surface area contributed by atoms with E-state index in [0.29, 0.717) is 18.6 Å². The van der Waals surface area contributed by atoms with Crippen molar-refractivity contribution in [1.29, 1.82) is 0 Å². The molecule has 138 valence electrons. The molecule has 3 fully saturated rings. The Bertz CT molecular complexity index is 444. The minimum absolute atomic E-state index is 0.0572. The van der Waals surface area contributed by atoms with Gasteiger partial charge < -0.3 is 14.7 Å². The predicted octanol–water partition coefficient (Wildman–Crippen LogP) is 2.03. The Morgan fingerprint density at radius 3 is 2.54 bits per heavy atom. The number of nitrogens with zero attached hydrogens (tertiary/aromatic N) is 2. The molecule has 1 saturated carbocycles. The minimum Gasteiger partial charge on any atom is -0.392 e. The number of aliphatic hydroxyl groups is 1. The fraction of sp³-hybridized carbons (Fsp3) is 0.947. The average molecular weight is 338 g/mol. The maximum atomic E-state index is 13.1. The molecule has 3 unspecified atom stereocenters. The van der Waals surface area contributed by atoms with Crippen LogP contribution >= 0.6 is 0 Å². The molecular weight excluding hydrogens is 304 g/mol. The molecule has 1 N–H and O–H groups in total. The van der Waals surface area contributed by atoms with E-state index in [4.69, 9.17) is 4.74 Å². The van der Waals surface area contributed by atoms with Gasteiger partial charge >= 0.3 is 0 Å². The van der Waals surface area contributed by atoms with Crippen LogP contribution in [-0.4, -0.2) is 71.3 Å². The van der Waals surface area contributed by atoms with Gasteiger partial charge in [-0.2, -0.15) is 0 Å². The molecule has 0 aromatic carbocycles. The zero-order valence-corrected chi connectivity index (χ0v) is 15.5. The van der Waals surface area contributed by atoms with Gasteiger partial charge in [-0.3, -0.25) is 9.69 Å². The van der Waals surface area contributed by atoms with Crippen LogP contribution in [0.3, 0.4) is 0 Å². The van der Waals surface area contributed by atoms with Crippen LogP contribution in [0.5, 0.6) is 0 Å². The van der Waals surface area contributed by atoms with Crippen LogP contribution in [0.25, 0.3) is 0 Å². The monoisotopic (exact) mass is 338 g/mol. The molecule has 5 nitrogen and oxygen atoms in total. The van der Waals surface area contributed by atoms with Crippen LogP contribution < -0.4 is 0 Å². The molecular formula is C19H34N2O3. The molecule has 0 aromatic rings. The van der Waals surface area contributed by atoms with E-state index in [1.165, 1.54) is 6.42 Å². The van der Waals surface area contributed by atoms with Gasteiger partial charge in [0.2, 0.25) is 5.91 Å². The molecule has 3 aliphatic rings. The van der Waals surface area contributed by atoms with Crippen molar-refractivity contribution >= 4 is 5.91 Å². The van der Waals surface area contributed by atoms with E-state index < -0.39 is 0 Å². The predicted molar refractivity (Wildman–Crippen MR) is 93.8 cm³/mol. The third-order valence-electron chi connectivity index (χ3n) is 6.61. The molecule has 2 saturated heterocycles. The molecule has 0 aromatic heterocycles. The number of likely N-dealkylation sites (tertiary alicyclic amines) is 2. The van der Waals surface area contributed by atoms with E-state index >= 15 is 0 Å². The Balaban J connectivity index is 1.60. The van der Waals surface area contributed by atoms with Gasteiger partial charge in [0, 0.05) is 37.6 Å². The first-order chi connectivity index (χ1) is 11.5. The summed E-state index contributed by atoms with van der Waals surface area (Å²) in [5.74, 6) is 0.306. The molecule has 2 heterocycles. The summed E-state index contributed by atoms with van der Waals surface area (Å²) in [7, 11) is 0. The summed E-state index contributed by atoms with van der Waals surface area (Å²) in [5, 5.41) is 10.3. The van der Waals surface area contributed by atoms with E-state index in [1.54, 1.807) is 0 Å². The number of amides is 1. The maximum absolute atomic E-state index is 13.1. The summed E-state index contributed by atoms with van der Waals surface area (Å²) >= 11 is 0. The number of ether oxygens (including phenoxy) is 1. The second kappa shape index (κ2) is 7.30.